The first-order chi connectivity index (χ1) is 10.6. The molecule has 0 bridgehead atoms. The van der Waals surface area contributed by atoms with Crippen LogP contribution in [0.1, 0.15) is 5.56 Å². The molecular weight excluding hydrogens is 320 g/mol. The zero-order valence-corrected chi connectivity index (χ0v) is 13.4. The van der Waals surface area contributed by atoms with Crippen molar-refractivity contribution in [3.8, 4) is 11.3 Å². The number of aryl methyl sites for hydroxylation is 1. The van der Waals surface area contributed by atoms with Crippen LogP contribution in [0, 0.1) is 0 Å². The van der Waals surface area contributed by atoms with Gasteiger partial charge in [-0.15, -0.1) is 0 Å². The van der Waals surface area contributed by atoms with E-state index in [1.165, 1.54) is 16.3 Å². The fraction of sp³-hybridized carbons (Fsp3) is 0.125. The largest absolute Gasteiger partial charge is 0.431 e. The predicted molar refractivity (Wildman–Crippen MR) is 88.2 cm³/mol. The molecule has 0 unspecified atom stereocenters. The van der Waals surface area contributed by atoms with Crippen molar-refractivity contribution in [3.63, 3.8) is 0 Å². The van der Waals surface area contributed by atoms with Gasteiger partial charge in [0, 0.05) is 35.6 Å². The summed E-state index contributed by atoms with van der Waals surface area (Å²) in [6.45, 7) is 0. The summed E-state index contributed by atoms with van der Waals surface area (Å²) in [5, 5.41) is 1.26. The Kier molecular flexibility index (Phi) is 4.36. The van der Waals surface area contributed by atoms with Crippen LogP contribution in [0.3, 0.4) is 0 Å². The summed E-state index contributed by atoms with van der Waals surface area (Å²) < 4.78 is 7.25. The first-order valence-electron chi connectivity index (χ1n) is 6.62. The van der Waals surface area contributed by atoms with Crippen molar-refractivity contribution in [1.82, 2.24) is 9.55 Å². The molecule has 0 aliphatic rings. The van der Waals surface area contributed by atoms with Gasteiger partial charge in [0.2, 0.25) is 0 Å². The molecule has 3 aromatic rings. The zero-order chi connectivity index (χ0) is 15.5. The number of oxazole rings is 1. The summed E-state index contributed by atoms with van der Waals surface area (Å²) in [5.41, 5.74) is 1.85. The van der Waals surface area contributed by atoms with Crippen molar-refractivity contribution in [2.75, 3.05) is 0 Å². The topological polar surface area (TPSA) is 48.0 Å². The maximum Gasteiger partial charge on any atom is 0.256 e. The highest BCUT2D eigenvalue weighted by atomic mass is 35.5. The van der Waals surface area contributed by atoms with Crippen LogP contribution in [0.4, 0.5) is 0 Å². The van der Waals surface area contributed by atoms with Gasteiger partial charge in [-0.2, -0.15) is 0 Å². The first-order valence-corrected chi connectivity index (χ1v) is 7.98. The lowest BCUT2D eigenvalue weighted by Crippen LogP contribution is -2.14. The monoisotopic (exact) mass is 332 g/mol. The van der Waals surface area contributed by atoms with Crippen LogP contribution in [0.15, 0.2) is 63.2 Å². The lowest BCUT2D eigenvalue weighted by atomic mass is 10.2. The second kappa shape index (κ2) is 6.42. The zero-order valence-electron chi connectivity index (χ0n) is 11.8. The molecule has 1 aromatic carbocycles. The van der Waals surface area contributed by atoms with Gasteiger partial charge in [0.1, 0.15) is 0 Å². The van der Waals surface area contributed by atoms with Gasteiger partial charge in [0.05, 0.1) is 6.20 Å². The molecule has 0 saturated carbocycles. The Morgan fingerprint density at radius 2 is 2.05 bits per heavy atom. The highest BCUT2D eigenvalue weighted by molar-refractivity contribution is 7.98. The molecule has 112 valence electrons. The number of rotatable bonds is 4. The molecule has 0 aliphatic carbocycles. The van der Waals surface area contributed by atoms with E-state index in [1.54, 1.807) is 25.5 Å². The highest BCUT2D eigenvalue weighted by Crippen LogP contribution is 2.27. The van der Waals surface area contributed by atoms with Gasteiger partial charge in [0.15, 0.2) is 5.76 Å². The van der Waals surface area contributed by atoms with Crippen molar-refractivity contribution in [2.24, 2.45) is 7.05 Å². The summed E-state index contributed by atoms with van der Waals surface area (Å²) >= 11 is 7.32. The molecule has 0 N–H and O–H groups in total. The quantitative estimate of drug-likeness (QED) is 0.678. The Bertz CT molecular complexity index is 840. The van der Waals surface area contributed by atoms with E-state index in [0.29, 0.717) is 21.8 Å². The summed E-state index contributed by atoms with van der Waals surface area (Å²) in [6.07, 6.45) is 3.45. The Balaban J connectivity index is 1.70. The molecule has 0 saturated heterocycles. The SMILES string of the molecule is Cn1ccc(CSc2ncc(-c3ccc(Cl)cc3)o2)cc1=O. The number of halogens is 1. The van der Waals surface area contributed by atoms with Gasteiger partial charge in [-0.25, -0.2) is 4.98 Å². The standard InChI is InChI=1S/C16H13ClN2O2S/c1-19-7-6-11(8-15(19)20)10-22-16-18-9-14(21-16)12-2-4-13(17)5-3-12/h2-9H,10H2,1H3. The molecule has 3 rings (SSSR count). The molecule has 0 spiro atoms. The van der Waals surface area contributed by atoms with Gasteiger partial charge in [-0.05, 0) is 35.9 Å². The third-order valence-electron chi connectivity index (χ3n) is 3.14. The lowest BCUT2D eigenvalue weighted by Gasteiger charge is -2.00. The summed E-state index contributed by atoms with van der Waals surface area (Å²) in [6, 6.07) is 10.9. The minimum absolute atomic E-state index is 0.0210. The maximum absolute atomic E-state index is 11.6. The molecule has 2 heterocycles. The Labute approximate surface area is 136 Å². The number of hydrogen-bond acceptors (Lipinski definition) is 4. The molecule has 0 aliphatic heterocycles. The molecule has 4 nitrogen and oxygen atoms in total. The smallest absolute Gasteiger partial charge is 0.256 e. The van der Waals surface area contributed by atoms with Gasteiger partial charge in [-0.3, -0.25) is 4.79 Å². The summed E-state index contributed by atoms with van der Waals surface area (Å²) in [5.74, 6) is 1.33. The number of aromatic nitrogens is 2. The van der Waals surface area contributed by atoms with E-state index in [-0.39, 0.29) is 5.56 Å². The first kappa shape index (κ1) is 14.9. The van der Waals surface area contributed by atoms with Crippen LogP contribution in [0.5, 0.6) is 0 Å². The van der Waals surface area contributed by atoms with E-state index < -0.39 is 0 Å². The van der Waals surface area contributed by atoms with E-state index in [0.717, 1.165) is 11.1 Å². The Morgan fingerprint density at radius 1 is 1.27 bits per heavy atom. The van der Waals surface area contributed by atoms with Crippen molar-refractivity contribution in [1.29, 1.82) is 0 Å². The molecular formula is C16H13ClN2O2S. The van der Waals surface area contributed by atoms with Crippen LogP contribution in [-0.2, 0) is 12.8 Å². The average molecular weight is 333 g/mol. The molecule has 0 radical (unpaired) electrons. The molecule has 0 fully saturated rings. The molecule has 2 aromatic heterocycles. The number of nitrogens with zero attached hydrogens (tertiary/aromatic N) is 2. The van der Waals surface area contributed by atoms with E-state index in [4.69, 9.17) is 16.0 Å². The second-order valence-corrected chi connectivity index (χ2v) is 6.13. The van der Waals surface area contributed by atoms with E-state index >= 15 is 0 Å². The number of benzene rings is 1. The van der Waals surface area contributed by atoms with Crippen molar-refractivity contribution < 1.29 is 4.42 Å². The fourth-order valence-electron chi connectivity index (χ4n) is 1.90. The lowest BCUT2D eigenvalue weighted by molar-refractivity contribution is 0.466. The minimum atomic E-state index is -0.0210. The van der Waals surface area contributed by atoms with Crippen LogP contribution in [0.25, 0.3) is 11.3 Å². The van der Waals surface area contributed by atoms with E-state index in [2.05, 4.69) is 4.98 Å². The summed E-state index contributed by atoms with van der Waals surface area (Å²) in [7, 11) is 1.73. The van der Waals surface area contributed by atoms with Crippen LogP contribution in [0.2, 0.25) is 5.02 Å². The highest BCUT2D eigenvalue weighted by Gasteiger charge is 2.07. The molecule has 22 heavy (non-hydrogen) atoms. The molecule has 0 amide bonds. The van der Waals surface area contributed by atoms with Gasteiger partial charge < -0.3 is 8.98 Å². The van der Waals surface area contributed by atoms with Crippen LogP contribution in [-0.4, -0.2) is 9.55 Å². The van der Waals surface area contributed by atoms with Crippen LogP contribution < -0.4 is 5.56 Å². The molecule has 0 atom stereocenters. The second-order valence-electron chi connectivity index (χ2n) is 4.77. The van der Waals surface area contributed by atoms with Gasteiger partial charge in [0.25, 0.3) is 10.8 Å². The average Bonchev–Trinajstić information content (AvgIpc) is 2.98. The van der Waals surface area contributed by atoms with E-state index in [9.17, 15) is 4.79 Å². The third kappa shape index (κ3) is 3.43. The number of hydrogen-bond donors (Lipinski definition) is 0. The Morgan fingerprint density at radius 3 is 2.77 bits per heavy atom. The van der Waals surface area contributed by atoms with Gasteiger partial charge >= 0.3 is 0 Å². The fourth-order valence-corrected chi connectivity index (χ4v) is 2.77. The van der Waals surface area contributed by atoms with Crippen molar-refractivity contribution >= 4 is 23.4 Å². The van der Waals surface area contributed by atoms with Crippen LogP contribution >= 0.6 is 23.4 Å². The molecule has 6 heteroatoms. The van der Waals surface area contributed by atoms with E-state index in [1.807, 2.05) is 30.3 Å². The Hall–Kier alpha value is -1.98. The predicted octanol–water partition coefficient (Wildman–Crippen LogP) is 3.99. The van der Waals surface area contributed by atoms with Crippen molar-refractivity contribution in [3.05, 3.63) is 69.7 Å². The van der Waals surface area contributed by atoms with Gasteiger partial charge in [-0.1, -0.05) is 23.4 Å². The normalized spacial score (nSPS) is 10.8. The minimum Gasteiger partial charge on any atom is -0.431 e. The third-order valence-corrected chi connectivity index (χ3v) is 4.31. The van der Waals surface area contributed by atoms with Crippen molar-refractivity contribution in [2.45, 2.75) is 11.0 Å². The summed E-state index contributed by atoms with van der Waals surface area (Å²) in [4.78, 5) is 15.8. The number of pyridine rings is 1. The number of thioether (sulfide) groups is 1. The maximum atomic E-state index is 11.6.